The number of hydrogen-bond acceptors (Lipinski definition) is 2. The van der Waals surface area contributed by atoms with E-state index in [2.05, 4.69) is 12.6 Å². The first-order chi connectivity index (χ1) is 8.11. The molecule has 17 heavy (non-hydrogen) atoms. The molecule has 2 aromatic rings. The number of ether oxygens (including phenoxy) is 1. The zero-order chi connectivity index (χ0) is 12.4. The fraction of sp³-hybridized carbons (Fsp3) is 0.214. The fourth-order valence-corrected chi connectivity index (χ4v) is 1.93. The van der Waals surface area contributed by atoms with Crippen LogP contribution in [-0.4, -0.2) is 12.2 Å². The molecule has 0 spiro atoms. The van der Waals surface area contributed by atoms with Gasteiger partial charge in [0.1, 0.15) is 5.75 Å². The van der Waals surface area contributed by atoms with Gasteiger partial charge in [-0.2, -0.15) is 0 Å². The van der Waals surface area contributed by atoms with E-state index >= 15 is 0 Å². The van der Waals surface area contributed by atoms with E-state index in [9.17, 15) is 4.79 Å². The van der Waals surface area contributed by atoms with E-state index in [1.54, 1.807) is 7.11 Å². The Hall–Kier alpha value is -1.48. The van der Waals surface area contributed by atoms with Crippen LogP contribution in [0.4, 0.5) is 0 Å². The normalized spacial score (nSPS) is 12.4. The van der Waals surface area contributed by atoms with Gasteiger partial charge in [-0.05, 0) is 28.5 Å². The van der Waals surface area contributed by atoms with Gasteiger partial charge < -0.3 is 4.74 Å². The van der Waals surface area contributed by atoms with Gasteiger partial charge in [0.05, 0.1) is 13.0 Å². The highest BCUT2D eigenvalue weighted by atomic mass is 32.1. The first kappa shape index (κ1) is 12.0. The van der Waals surface area contributed by atoms with E-state index in [0.29, 0.717) is 0 Å². The molecule has 0 N–H and O–H groups in total. The number of hydrogen-bond donors (Lipinski definition) is 1. The molecule has 0 heterocycles. The molecule has 0 radical (unpaired) electrons. The summed E-state index contributed by atoms with van der Waals surface area (Å²) in [7, 11) is 1.65. The van der Waals surface area contributed by atoms with Gasteiger partial charge in [-0.15, -0.1) is 12.6 Å². The number of benzene rings is 2. The summed E-state index contributed by atoms with van der Waals surface area (Å²) in [5, 5.41) is 2.09. The first-order valence-corrected chi connectivity index (χ1v) is 5.87. The van der Waals surface area contributed by atoms with Crippen LogP contribution in [-0.2, 0) is 4.79 Å². The van der Waals surface area contributed by atoms with Gasteiger partial charge in [-0.25, -0.2) is 0 Å². The van der Waals surface area contributed by atoms with Crippen LogP contribution in [0.3, 0.4) is 0 Å². The second-order valence-electron chi connectivity index (χ2n) is 4.03. The SMILES string of the molecule is COc1ccc2cc([C@H](C)C(=O)S)ccc2c1. The molecule has 1 atom stereocenters. The smallest absolute Gasteiger partial charge is 0.193 e. The van der Waals surface area contributed by atoms with Crippen LogP contribution in [0.1, 0.15) is 18.4 Å². The zero-order valence-electron chi connectivity index (χ0n) is 9.81. The number of methoxy groups -OCH3 is 1. The van der Waals surface area contributed by atoms with E-state index in [-0.39, 0.29) is 11.0 Å². The molecule has 0 amide bonds. The number of rotatable bonds is 3. The maximum absolute atomic E-state index is 11.2. The lowest BCUT2D eigenvalue weighted by molar-refractivity contribution is -0.111. The minimum absolute atomic E-state index is 0.113. The summed E-state index contributed by atoms with van der Waals surface area (Å²) in [4.78, 5) is 11.2. The molecule has 0 bridgehead atoms. The molecule has 2 rings (SSSR count). The van der Waals surface area contributed by atoms with Crippen LogP contribution < -0.4 is 4.74 Å². The lowest BCUT2D eigenvalue weighted by atomic mass is 9.99. The molecular weight excluding hydrogens is 232 g/mol. The molecule has 0 unspecified atom stereocenters. The van der Waals surface area contributed by atoms with E-state index < -0.39 is 0 Å². The van der Waals surface area contributed by atoms with Gasteiger partial charge >= 0.3 is 0 Å². The molecule has 2 aromatic carbocycles. The van der Waals surface area contributed by atoms with Crippen LogP contribution in [0.25, 0.3) is 10.8 Å². The highest BCUT2D eigenvalue weighted by Crippen LogP contribution is 2.25. The minimum atomic E-state index is -0.176. The first-order valence-electron chi connectivity index (χ1n) is 5.42. The van der Waals surface area contributed by atoms with Crippen molar-refractivity contribution in [3.05, 3.63) is 42.0 Å². The van der Waals surface area contributed by atoms with Gasteiger partial charge in [-0.1, -0.05) is 31.2 Å². The Morgan fingerprint density at radius 3 is 2.47 bits per heavy atom. The van der Waals surface area contributed by atoms with Gasteiger partial charge in [0, 0.05) is 0 Å². The summed E-state index contributed by atoms with van der Waals surface area (Å²) < 4.78 is 5.17. The molecule has 0 aromatic heterocycles. The van der Waals surface area contributed by atoms with Crippen molar-refractivity contribution in [3.63, 3.8) is 0 Å². The van der Waals surface area contributed by atoms with Gasteiger partial charge in [0.25, 0.3) is 0 Å². The van der Waals surface area contributed by atoms with Crippen LogP contribution >= 0.6 is 12.6 Å². The van der Waals surface area contributed by atoms with Crippen LogP contribution in [0.15, 0.2) is 36.4 Å². The van der Waals surface area contributed by atoms with E-state index in [0.717, 1.165) is 22.1 Å². The molecule has 88 valence electrons. The summed E-state index contributed by atoms with van der Waals surface area (Å²) in [6, 6.07) is 11.9. The number of carbonyl (C=O) groups is 1. The Morgan fingerprint density at radius 2 is 1.82 bits per heavy atom. The molecule has 0 aliphatic heterocycles. The maximum atomic E-state index is 11.2. The van der Waals surface area contributed by atoms with Gasteiger partial charge in [-0.3, -0.25) is 4.79 Å². The highest BCUT2D eigenvalue weighted by Gasteiger charge is 2.11. The molecule has 0 saturated carbocycles. The summed E-state index contributed by atoms with van der Waals surface area (Å²) >= 11 is 3.87. The van der Waals surface area contributed by atoms with E-state index in [1.165, 1.54) is 0 Å². The third-order valence-corrected chi connectivity index (χ3v) is 3.33. The number of fused-ring (bicyclic) bond motifs is 1. The van der Waals surface area contributed by atoms with Crippen LogP contribution in [0.5, 0.6) is 5.75 Å². The third kappa shape index (κ3) is 2.44. The van der Waals surface area contributed by atoms with Crippen molar-refractivity contribution >= 4 is 28.5 Å². The standard InChI is InChI=1S/C14H14O2S/c1-9(14(15)17)10-3-4-12-8-13(16-2)6-5-11(12)7-10/h3-9H,1-2H3,(H,15,17)/t9-/m0/s1. The zero-order valence-corrected chi connectivity index (χ0v) is 10.7. The average molecular weight is 246 g/mol. The van der Waals surface area contributed by atoms with Crippen molar-refractivity contribution in [1.29, 1.82) is 0 Å². The second kappa shape index (κ2) is 4.80. The van der Waals surface area contributed by atoms with Gasteiger partial charge in [0.15, 0.2) is 5.12 Å². The van der Waals surface area contributed by atoms with E-state index in [1.807, 2.05) is 43.3 Å². The Morgan fingerprint density at radius 1 is 1.18 bits per heavy atom. The average Bonchev–Trinajstić information content (AvgIpc) is 2.36. The lowest BCUT2D eigenvalue weighted by Crippen LogP contribution is -2.01. The molecular formula is C14H14O2S. The quantitative estimate of drug-likeness (QED) is 0.840. The van der Waals surface area contributed by atoms with Crippen molar-refractivity contribution in [2.45, 2.75) is 12.8 Å². The maximum Gasteiger partial charge on any atom is 0.193 e. The second-order valence-corrected chi connectivity index (χ2v) is 4.47. The molecule has 0 aliphatic carbocycles. The predicted molar refractivity (Wildman–Crippen MR) is 72.9 cm³/mol. The summed E-state index contributed by atoms with van der Waals surface area (Å²) in [5.41, 5.74) is 0.989. The third-order valence-electron chi connectivity index (χ3n) is 2.94. The summed E-state index contributed by atoms with van der Waals surface area (Å²) in [5.74, 6) is 0.661. The van der Waals surface area contributed by atoms with E-state index in [4.69, 9.17) is 4.74 Å². The monoisotopic (exact) mass is 246 g/mol. The Kier molecular flexibility index (Phi) is 3.38. The minimum Gasteiger partial charge on any atom is -0.497 e. The Labute approximate surface area is 106 Å². The summed E-state index contributed by atoms with van der Waals surface area (Å²) in [6.45, 7) is 1.86. The highest BCUT2D eigenvalue weighted by molar-refractivity contribution is 7.96. The molecule has 3 heteroatoms. The van der Waals surface area contributed by atoms with Crippen molar-refractivity contribution in [2.24, 2.45) is 0 Å². The predicted octanol–water partition coefficient (Wildman–Crippen LogP) is 3.41. The number of carbonyl (C=O) groups excluding carboxylic acids is 1. The van der Waals surface area contributed by atoms with Crippen molar-refractivity contribution in [2.75, 3.05) is 7.11 Å². The van der Waals surface area contributed by atoms with Crippen LogP contribution in [0.2, 0.25) is 0 Å². The topological polar surface area (TPSA) is 26.3 Å². The molecule has 2 nitrogen and oxygen atoms in total. The summed E-state index contributed by atoms with van der Waals surface area (Å²) in [6.07, 6.45) is 0. The molecule has 0 saturated heterocycles. The lowest BCUT2D eigenvalue weighted by Gasteiger charge is -2.09. The Bertz CT molecular complexity index is 563. The largest absolute Gasteiger partial charge is 0.497 e. The molecule has 0 aliphatic rings. The van der Waals surface area contributed by atoms with Crippen molar-refractivity contribution < 1.29 is 9.53 Å². The van der Waals surface area contributed by atoms with Crippen molar-refractivity contribution in [3.8, 4) is 5.75 Å². The van der Waals surface area contributed by atoms with Gasteiger partial charge in [0.2, 0.25) is 0 Å². The Balaban J connectivity index is 2.48. The number of thiol groups is 1. The van der Waals surface area contributed by atoms with Crippen LogP contribution in [0, 0.1) is 0 Å². The molecule has 0 fully saturated rings. The fourth-order valence-electron chi connectivity index (χ4n) is 1.78. The van der Waals surface area contributed by atoms with Crippen molar-refractivity contribution in [1.82, 2.24) is 0 Å².